The molecular formula is C13H23BrN4O. The van der Waals surface area contributed by atoms with Crippen LogP contribution < -0.4 is 10.6 Å². The van der Waals surface area contributed by atoms with Gasteiger partial charge in [-0.05, 0) is 42.1 Å². The highest BCUT2D eigenvalue weighted by atomic mass is 79.9. The smallest absolute Gasteiger partial charge is 0.224 e. The maximum absolute atomic E-state index is 9.15. The second-order valence-corrected chi connectivity index (χ2v) is 5.68. The second kappa shape index (κ2) is 7.65. The average molecular weight is 331 g/mol. The highest BCUT2D eigenvalue weighted by Gasteiger charge is 2.22. The minimum absolute atomic E-state index is 0.154. The predicted octanol–water partition coefficient (Wildman–Crippen LogP) is 3.02. The van der Waals surface area contributed by atoms with Crippen LogP contribution in [0.2, 0.25) is 0 Å². The Bertz CT molecular complexity index is 402. The van der Waals surface area contributed by atoms with Gasteiger partial charge in [-0.15, -0.1) is 0 Å². The van der Waals surface area contributed by atoms with Gasteiger partial charge in [-0.3, -0.25) is 0 Å². The molecule has 108 valence electrons. The SMILES string of the molecule is CCCNc1ncc(Br)c(NC(C)(CC)CCO)n1. The molecule has 0 saturated heterocycles. The van der Waals surface area contributed by atoms with Crippen LogP contribution in [0.3, 0.4) is 0 Å². The normalized spacial score (nSPS) is 13.9. The molecule has 1 aromatic rings. The number of aliphatic hydroxyl groups is 1. The number of rotatable bonds is 8. The summed E-state index contributed by atoms with van der Waals surface area (Å²) in [6, 6.07) is 0. The molecule has 1 atom stereocenters. The minimum Gasteiger partial charge on any atom is -0.396 e. The summed E-state index contributed by atoms with van der Waals surface area (Å²) in [7, 11) is 0. The zero-order valence-electron chi connectivity index (χ0n) is 11.8. The van der Waals surface area contributed by atoms with Crippen LogP contribution in [0.4, 0.5) is 11.8 Å². The molecule has 5 nitrogen and oxygen atoms in total. The van der Waals surface area contributed by atoms with Crippen molar-refractivity contribution in [1.82, 2.24) is 9.97 Å². The van der Waals surface area contributed by atoms with E-state index in [1.54, 1.807) is 6.20 Å². The number of anilines is 2. The van der Waals surface area contributed by atoms with Gasteiger partial charge in [0.1, 0.15) is 5.82 Å². The Morgan fingerprint density at radius 1 is 1.42 bits per heavy atom. The van der Waals surface area contributed by atoms with Crippen molar-refractivity contribution in [2.24, 2.45) is 0 Å². The predicted molar refractivity (Wildman–Crippen MR) is 82.5 cm³/mol. The van der Waals surface area contributed by atoms with Crippen molar-refractivity contribution in [3.8, 4) is 0 Å². The van der Waals surface area contributed by atoms with E-state index in [1.807, 2.05) is 0 Å². The Labute approximate surface area is 123 Å². The fraction of sp³-hybridized carbons (Fsp3) is 0.692. The molecule has 0 spiro atoms. The number of aliphatic hydroxyl groups excluding tert-OH is 1. The van der Waals surface area contributed by atoms with Gasteiger partial charge >= 0.3 is 0 Å². The fourth-order valence-electron chi connectivity index (χ4n) is 1.64. The van der Waals surface area contributed by atoms with E-state index in [4.69, 9.17) is 5.11 Å². The van der Waals surface area contributed by atoms with Gasteiger partial charge in [0, 0.05) is 24.9 Å². The monoisotopic (exact) mass is 330 g/mol. The van der Waals surface area contributed by atoms with Crippen molar-refractivity contribution >= 4 is 27.7 Å². The highest BCUT2D eigenvalue weighted by molar-refractivity contribution is 9.10. The Hall–Kier alpha value is -0.880. The van der Waals surface area contributed by atoms with Crippen LogP contribution in [0.15, 0.2) is 10.7 Å². The van der Waals surface area contributed by atoms with E-state index in [1.165, 1.54) is 0 Å². The first-order chi connectivity index (χ1) is 9.04. The van der Waals surface area contributed by atoms with Gasteiger partial charge in [0.15, 0.2) is 0 Å². The first kappa shape index (κ1) is 16.2. The van der Waals surface area contributed by atoms with Crippen molar-refractivity contribution in [2.75, 3.05) is 23.8 Å². The van der Waals surface area contributed by atoms with Crippen molar-refractivity contribution in [3.63, 3.8) is 0 Å². The van der Waals surface area contributed by atoms with Gasteiger partial charge < -0.3 is 15.7 Å². The number of halogens is 1. The van der Waals surface area contributed by atoms with Gasteiger partial charge in [-0.25, -0.2) is 4.98 Å². The third-order valence-corrected chi connectivity index (χ3v) is 3.72. The topological polar surface area (TPSA) is 70.1 Å². The number of nitrogens with one attached hydrogen (secondary N) is 2. The molecule has 3 N–H and O–H groups in total. The van der Waals surface area contributed by atoms with Crippen LogP contribution >= 0.6 is 15.9 Å². The van der Waals surface area contributed by atoms with E-state index in [9.17, 15) is 0 Å². The van der Waals surface area contributed by atoms with Crippen molar-refractivity contribution in [2.45, 2.75) is 45.6 Å². The molecule has 0 amide bonds. The molecule has 1 rings (SSSR count). The molecule has 19 heavy (non-hydrogen) atoms. The van der Waals surface area contributed by atoms with Crippen LogP contribution in [0.1, 0.15) is 40.0 Å². The molecule has 1 aromatic heterocycles. The molecule has 0 aromatic carbocycles. The summed E-state index contributed by atoms with van der Waals surface area (Å²) in [6.07, 6.45) is 4.35. The second-order valence-electron chi connectivity index (χ2n) is 4.83. The van der Waals surface area contributed by atoms with Crippen LogP contribution in [0.25, 0.3) is 0 Å². The Morgan fingerprint density at radius 3 is 2.74 bits per heavy atom. The number of hydrogen-bond acceptors (Lipinski definition) is 5. The van der Waals surface area contributed by atoms with Crippen LogP contribution in [0, 0.1) is 0 Å². The number of aromatic nitrogens is 2. The zero-order chi connectivity index (χ0) is 14.3. The zero-order valence-corrected chi connectivity index (χ0v) is 13.4. The molecule has 0 radical (unpaired) electrons. The maximum Gasteiger partial charge on any atom is 0.224 e. The quantitative estimate of drug-likeness (QED) is 0.683. The summed E-state index contributed by atoms with van der Waals surface area (Å²) in [5, 5.41) is 15.7. The Kier molecular flexibility index (Phi) is 6.51. The van der Waals surface area contributed by atoms with Crippen LogP contribution in [0.5, 0.6) is 0 Å². The number of hydrogen-bond donors (Lipinski definition) is 3. The summed E-state index contributed by atoms with van der Waals surface area (Å²) >= 11 is 3.45. The van der Waals surface area contributed by atoms with Crippen molar-refractivity contribution < 1.29 is 5.11 Å². The lowest BCUT2D eigenvalue weighted by molar-refractivity contribution is 0.251. The number of nitrogens with zero attached hydrogens (tertiary/aromatic N) is 2. The molecule has 0 aliphatic heterocycles. The molecule has 6 heteroatoms. The van der Waals surface area contributed by atoms with Gasteiger partial charge in [0.2, 0.25) is 5.95 Å². The van der Waals surface area contributed by atoms with E-state index in [-0.39, 0.29) is 12.1 Å². The van der Waals surface area contributed by atoms with Gasteiger partial charge in [-0.2, -0.15) is 4.98 Å². The molecule has 1 heterocycles. The Balaban J connectivity index is 2.86. The van der Waals surface area contributed by atoms with Gasteiger partial charge in [0.25, 0.3) is 0 Å². The summed E-state index contributed by atoms with van der Waals surface area (Å²) in [5.41, 5.74) is -0.173. The standard InChI is InChI=1S/C13H23BrN4O/c1-4-7-15-12-16-9-10(14)11(17-12)18-13(3,5-2)6-8-19/h9,19H,4-8H2,1-3H3,(H2,15,16,17,18). The van der Waals surface area contributed by atoms with Gasteiger partial charge in [-0.1, -0.05) is 13.8 Å². The van der Waals surface area contributed by atoms with E-state index < -0.39 is 0 Å². The Morgan fingerprint density at radius 2 is 2.16 bits per heavy atom. The molecule has 0 bridgehead atoms. The van der Waals surface area contributed by atoms with E-state index >= 15 is 0 Å². The summed E-state index contributed by atoms with van der Waals surface area (Å²) < 4.78 is 0.826. The van der Waals surface area contributed by atoms with Crippen molar-refractivity contribution in [3.05, 3.63) is 10.7 Å². The molecule has 0 aliphatic rings. The third kappa shape index (κ3) is 4.95. The van der Waals surface area contributed by atoms with E-state index in [2.05, 4.69) is 57.3 Å². The molecule has 0 aliphatic carbocycles. The maximum atomic E-state index is 9.15. The fourth-order valence-corrected chi connectivity index (χ4v) is 1.93. The lowest BCUT2D eigenvalue weighted by Gasteiger charge is -2.30. The van der Waals surface area contributed by atoms with E-state index in [0.717, 1.165) is 29.7 Å². The van der Waals surface area contributed by atoms with Crippen LogP contribution in [-0.2, 0) is 0 Å². The molecular weight excluding hydrogens is 308 g/mol. The lowest BCUT2D eigenvalue weighted by atomic mass is 9.95. The summed E-state index contributed by atoms with van der Waals surface area (Å²) in [5.74, 6) is 1.38. The largest absolute Gasteiger partial charge is 0.396 e. The molecule has 0 fully saturated rings. The third-order valence-electron chi connectivity index (χ3n) is 3.14. The first-order valence-electron chi connectivity index (χ1n) is 6.70. The van der Waals surface area contributed by atoms with Crippen molar-refractivity contribution in [1.29, 1.82) is 0 Å². The summed E-state index contributed by atoms with van der Waals surface area (Å²) in [6.45, 7) is 7.27. The van der Waals surface area contributed by atoms with Gasteiger partial charge in [0.05, 0.1) is 4.47 Å². The average Bonchev–Trinajstić information content (AvgIpc) is 2.40. The molecule has 1 unspecified atom stereocenters. The van der Waals surface area contributed by atoms with Crippen LogP contribution in [-0.4, -0.2) is 33.8 Å². The van der Waals surface area contributed by atoms with E-state index in [0.29, 0.717) is 12.4 Å². The molecule has 0 saturated carbocycles. The first-order valence-corrected chi connectivity index (χ1v) is 7.49. The lowest BCUT2D eigenvalue weighted by Crippen LogP contribution is -2.35. The minimum atomic E-state index is -0.173. The summed E-state index contributed by atoms with van der Waals surface area (Å²) in [4.78, 5) is 8.68. The highest BCUT2D eigenvalue weighted by Crippen LogP contribution is 2.26.